The van der Waals surface area contributed by atoms with E-state index in [4.69, 9.17) is 9.15 Å². The van der Waals surface area contributed by atoms with Crippen molar-refractivity contribution in [2.24, 2.45) is 5.41 Å². The zero-order valence-electron chi connectivity index (χ0n) is 10.9. The van der Waals surface area contributed by atoms with Gasteiger partial charge in [-0.2, -0.15) is 0 Å². The molecule has 0 saturated carbocycles. The van der Waals surface area contributed by atoms with Crippen LogP contribution in [0, 0.1) is 5.41 Å². The normalized spacial score (nSPS) is 11.5. The molecule has 19 heavy (non-hydrogen) atoms. The third-order valence-corrected chi connectivity index (χ3v) is 2.52. The molecule has 100 valence electrons. The lowest BCUT2D eigenvalue weighted by molar-refractivity contribution is -0.143. The highest BCUT2D eigenvalue weighted by molar-refractivity contribution is 5.84. The van der Waals surface area contributed by atoms with Crippen LogP contribution in [0.5, 0.6) is 11.5 Å². The lowest BCUT2D eigenvalue weighted by Crippen LogP contribution is -2.25. The van der Waals surface area contributed by atoms with Crippen molar-refractivity contribution < 1.29 is 19.1 Å². The second-order valence-electron chi connectivity index (χ2n) is 5.25. The third kappa shape index (κ3) is 2.76. The summed E-state index contributed by atoms with van der Waals surface area (Å²) < 4.78 is 10.1. The van der Waals surface area contributed by atoms with Crippen molar-refractivity contribution in [3.8, 4) is 11.5 Å². The third-order valence-electron chi connectivity index (χ3n) is 2.52. The second-order valence-corrected chi connectivity index (χ2v) is 5.25. The number of phenols is 1. The first-order valence-electron chi connectivity index (χ1n) is 5.76. The first-order chi connectivity index (χ1) is 8.77. The Balaban J connectivity index is 2.45. The largest absolute Gasteiger partial charge is 0.504 e. The molecule has 5 nitrogen and oxygen atoms in total. The number of ether oxygens (including phenoxy) is 1. The molecular weight excluding hydrogens is 248 g/mol. The summed E-state index contributed by atoms with van der Waals surface area (Å²) in [6.07, 6.45) is 0. The van der Waals surface area contributed by atoms with Crippen molar-refractivity contribution in [3.05, 3.63) is 34.7 Å². The van der Waals surface area contributed by atoms with E-state index in [-0.39, 0.29) is 17.1 Å². The molecule has 1 N–H and O–H groups in total. The van der Waals surface area contributed by atoms with Gasteiger partial charge in [0.15, 0.2) is 11.5 Å². The van der Waals surface area contributed by atoms with Gasteiger partial charge in [-0.25, -0.2) is 4.79 Å². The van der Waals surface area contributed by atoms with Crippen LogP contribution in [0.3, 0.4) is 0 Å². The van der Waals surface area contributed by atoms with E-state index in [0.717, 1.165) is 0 Å². The molecule has 1 heterocycles. The van der Waals surface area contributed by atoms with Gasteiger partial charge in [-0.05, 0) is 32.9 Å². The highest BCUT2D eigenvalue weighted by Gasteiger charge is 2.25. The van der Waals surface area contributed by atoms with Crippen molar-refractivity contribution in [1.29, 1.82) is 0 Å². The molecule has 5 heteroatoms. The van der Waals surface area contributed by atoms with Crippen LogP contribution in [0.4, 0.5) is 0 Å². The van der Waals surface area contributed by atoms with Crippen LogP contribution in [-0.2, 0) is 4.79 Å². The Morgan fingerprint density at radius 1 is 1.26 bits per heavy atom. The number of benzene rings is 1. The minimum atomic E-state index is -0.676. The average molecular weight is 262 g/mol. The quantitative estimate of drug-likeness (QED) is 0.485. The number of rotatable bonds is 1. The molecule has 2 rings (SSSR count). The molecule has 0 unspecified atom stereocenters. The summed E-state index contributed by atoms with van der Waals surface area (Å²) in [7, 11) is 0. The van der Waals surface area contributed by atoms with Crippen LogP contribution in [0.15, 0.2) is 33.5 Å². The number of hydrogen-bond donors (Lipinski definition) is 1. The maximum absolute atomic E-state index is 11.8. The molecule has 0 fully saturated rings. The van der Waals surface area contributed by atoms with Crippen LogP contribution in [0.2, 0.25) is 0 Å². The van der Waals surface area contributed by atoms with Crippen LogP contribution in [0.1, 0.15) is 20.8 Å². The van der Waals surface area contributed by atoms with E-state index in [2.05, 4.69) is 0 Å². The summed E-state index contributed by atoms with van der Waals surface area (Å²) in [5, 5.41) is 10.3. The van der Waals surface area contributed by atoms with Gasteiger partial charge in [0.25, 0.3) is 0 Å². The molecule has 0 spiro atoms. The van der Waals surface area contributed by atoms with Crippen LogP contribution in [0.25, 0.3) is 11.0 Å². The van der Waals surface area contributed by atoms with E-state index < -0.39 is 17.0 Å². The summed E-state index contributed by atoms with van der Waals surface area (Å²) in [6, 6.07) is 5.50. The smallest absolute Gasteiger partial charge is 0.336 e. The zero-order valence-corrected chi connectivity index (χ0v) is 10.9. The van der Waals surface area contributed by atoms with E-state index in [1.165, 1.54) is 24.3 Å². The van der Waals surface area contributed by atoms with E-state index in [9.17, 15) is 14.7 Å². The number of hydrogen-bond acceptors (Lipinski definition) is 5. The predicted molar refractivity (Wildman–Crippen MR) is 69.2 cm³/mol. The highest BCUT2D eigenvalue weighted by atomic mass is 16.5. The average Bonchev–Trinajstić information content (AvgIpc) is 2.29. The number of esters is 1. The predicted octanol–water partition coefficient (Wildman–Crippen LogP) is 2.45. The van der Waals surface area contributed by atoms with Crippen LogP contribution in [-0.4, -0.2) is 11.1 Å². The van der Waals surface area contributed by atoms with Gasteiger partial charge in [-0.3, -0.25) is 4.79 Å². The van der Waals surface area contributed by atoms with Gasteiger partial charge < -0.3 is 14.3 Å². The van der Waals surface area contributed by atoms with Gasteiger partial charge in [0, 0.05) is 17.5 Å². The zero-order chi connectivity index (χ0) is 14.2. The Hall–Kier alpha value is -2.30. The number of carbonyl (C=O) groups is 1. The Labute approximate surface area is 109 Å². The maximum atomic E-state index is 11.8. The summed E-state index contributed by atoms with van der Waals surface area (Å²) in [4.78, 5) is 22.8. The molecule has 0 atom stereocenters. The van der Waals surface area contributed by atoms with E-state index >= 15 is 0 Å². The topological polar surface area (TPSA) is 76.7 Å². The van der Waals surface area contributed by atoms with Gasteiger partial charge >= 0.3 is 11.6 Å². The molecule has 2 aromatic rings. The molecular formula is C14H14O5. The fraction of sp³-hybridized carbons (Fsp3) is 0.286. The molecule has 0 radical (unpaired) electrons. The molecule has 0 amide bonds. The molecule has 1 aromatic carbocycles. The van der Waals surface area contributed by atoms with Crippen LogP contribution < -0.4 is 10.4 Å². The summed E-state index contributed by atoms with van der Waals surface area (Å²) in [6.45, 7) is 5.14. The van der Waals surface area contributed by atoms with Gasteiger partial charge in [0.05, 0.1) is 5.41 Å². The van der Waals surface area contributed by atoms with Gasteiger partial charge in [-0.1, -0.05) is 0 Å². The molecule has 0 saturated heterocycles. The van der Waals surface area contributed by atoms with Crippen molar-refractivity contribution >= 4 is 16.9 Å². The molecule has 0 bridgehead atoms. The number of phenolic OH excluding ortho intramolecular Hbond substituents is 1. The van der Waals surface area contributed by atoms with Crippen molar-refractivity contribution in [3.63, 3.8) is 0 Å². The summed E-state index contributed by atoms with van der Waals surface area (Å²) in [5.74, 6) is -0.666. The molecule has 0 aliphatic heterocycles. The van der Waals surface area contributed by atoms with Gasteiger partial charge in [-0.15, -0.1) is 0 Å². The summed E-state index contributed by atoms with van der Waals surface area (Å²) in [5.41, 5.74) is -0.947. The Morgan fingerprint density at radius 3 is 2.58 bits per heavy atom. The van der Waals surface area contributed by atoms with Crippen molar-refractivity contribution in [2.45, 2.75) is 20.8 Å². The van der Waals surface area contributed by atoms with Gasteiger partial charge in [0.1, 0.15) is 5.58 Å². The first kappa shape index (κ1) is 13.1. The minimum Gasteiger partial charge on any atom is -0.504 e. The SMILES string of the molecule is CC(C)(C)C(=O)Oc1cc2ccc(=O)oc2cc1O. The minimum absolute atomic E-state index is 0.0428. The fourth-order valence-corrected chi connectivity index (χ4v) is 1.42. The van der Waals surface area contributed by atoms with Gasteiger partial charge in [0.2, 0.25) is 0 Å². The molecule has 0 aliphatic carbocycles. The first-order valence-corrected chi connectivity index (χ1v) is 5.76. The van der Waals surface area contributed by atoms with E-state index in [0.29, 0.717) is 5.39 Å². The Morgan fingerprint density at radius 2 is 1.95 bits per heavy atom. The number of fused-ring (bicyclic) bond motifs is 1. The Kier molecular flexibility index (Phi) is 3.06. The standard InChI is InChI=1S/C14H14O5/c1-14(2,3)13(17)19-11-6-8-4-5-12(16)18-10(8)7-9(11)15/h4-7,15H,1-3H3. The van der Waals surface area contributed by atoms with Crippen molar-refractivity contribution in [1.82, 2.24) is 0 Å². The second kappa shape index (κ2) is 4.42. The lowest BCUT2D eigenvalue weighted by atomic mass is 9.97. The van der Waals surface area contributed by atoms with E-state index in [1.807, 2.05) is 0 Å². The van der Waals surface area contributed by atoms with E-state index in [1.54, 1.807) is 20.8 Å². The molecule has 0 aliphatic rings. The number of aromatic hydroxyl groups is 1. The fourth-order valence-electron chi connectivity index (χ4n) is 1.42. The Bertz CT molecular complexity index is 691. The lowest BCUT2D eigenvalue weighted by Gasteiger charge is -2.16. The van der Waals surface area contributed by atoms with Crippen LogP contribution >= 0.6 is 0 Å². The molecule has 1 aromatic heterocycles. The van der Waals surface area contributed by atoms with Crippen molar-refractivity contribution in [2.75, 3.05) is 0 Å². The maximum Gasteiger partial charge on any atom is 0.336 e. The number of carbonyl (C=O) groups excluding carboxylic acids is 1. The monoisotopic (exact) mass is 262 g/mol. The summed E-state index contributed by atoms with van der Waals surface area (Å²) >= 11 is 0. The highest BCUT2D eigenvalue weighted by Crippen LogP contribution is 2.32.